The highest BCUT2D eigenvalue weighted by Crippen LogP contribution is 2.39. The quantitative estimate of drug-likeness (QED) is 0.242. The Labute approximate surface area is 240 Å². The first-order valence-corrected chi connectivity index (χ1v) is 13.0. The van der Waals surface area contributed by atoms with E-state index in [-0.39, 0.29) is 52.3 Å². The SMILES string of the molecule is COc1ccc([C@@H]2Cc3cc(O)cc(O)c3C(=O)O[C@H](c3ccc(O)cc3)Cc3cc(OC)cc(O)c3C(=O)O2)cc1. The molecule has 216 valence electrons. The highest BCUT2D eigenvalue weighted by molar-refractivity contribution is 5.96. The summed E-state index contributed by atoms with van der Waals surface area (Å²) in [5.74, 6) is -2.16. The van der Waals surface area contributed by atoms with Crippen molar-refractivity contribution in [2.45, 2.75) is 25.0 Å². The van der Waals surface area contributed by atoms with Gasteiger partial charge < -0.3 is 39.4 Å². The van der Waals surface area contributed by atoms with E-state index in [0.29, 0.717) is 16.9 Å². The first kappa shape index (κ1) is 28.2. The molecule has 0 amide bonds. The number of carbonyl (C=O) groups is 2. The van der Waals surface area contributed by atoms with E-state index in [2.05, 4.69) is 0 Å². The van der Waals surface area contributed by atoms with Gasteiger partial charge in [-0.2, -0.15) is 0 Å². The lowest BCUT2D eigenvalue weighted by Crippen LogP contribution is -2.22. The Morgan fingerprint density at radius 3 is 1.60 bits per heavy atom. The molecule has 0 aromatic heterocycles. The largest absolute Gasteiger partial charge is 0.508 e. The van der Waals surface area contributed by atoms with Gasteiger partial charge in [0.2, 0.25) is 0 Å². The molecule has 0 saturated carbocycles. The van der Waals surface area contributed by atoms with Gasteiger partial charge in [-0.3, -0.25) is 0 Å². The van der Waals surface area contributed by atoms with Crippen molar-refractivity contribution in [2.75, 3.05) is 14.2 Å². The number of phenols is 4. The Hall–Kier alpha value is -5.38. The summed E-state index contributed by atoms with van der Waals surface area (Å²) in [5, 5.41) is 41.8. The third kappa shape index (κ3) is 5.73. The van der Waals surface area contributed by atoms with Gasteiger partial charge in [0.1, 0.15) is 57.8 Å². The van der Waals surface area contributed by atoms with Crippen molar-refractivity contribution in [3.63, 3.8) is 0 Å². The Balaban J connectivity index is 1.70. The number of hydrogen-bond acceptors (Lipinski definition) is 10. The number of rotatable bonds is 4. The van der Waals surface area contributed by atoms with Crippen molar-refractivity contribution in [3.8, 4) is 34.5 Å². The number of methoxy groups -OCH3 is 2. The number of phenolic OH excluding ortho intramolecular Hbond substituents is 4. The molecule has 0 radical (unpaired) electrons. The standard InChI is InChI=1S/C32H28O10/c1-39-23-9-5-18(6-10-23)27-13-19-11-22(34)15-25(35)29(19)31(37)42-28(17-3-7-21(33)8-4-17)14-20-12-24(40-2)16-26(36)30(20)32(38)41-27/h3-12,15-16,27-28,33-36H,13-14H2,1-2H3/t27-,28-/m0/s1. The van der Waals surface area contributed by atoms with Gasteiger partial charge >= 0.3 is 11.9 Å². The number of hydrogen-bond donors (Lipinski definition) is 4. The lowest BCUT2D eigenvalue weighted by atomic mass is 9.94. The fourth-order valence-electron chi connectivity index (χ4n) is 4.98. The first-order chi connectivity index (χ1) is 20.2. The Bertz CT molecular complexity index is 1630. The first-order valence-electron chi connectivity index (χ1n) is 13.0. The molecule has 1 heterocycles. The number of aromatic hydroxyl groups is 4. The number of fused-ring (bicyclic) bond motifs is 2. The molecular formula is C32H28O10. The second-order valence-electron chi connectivity index (χ2n) is 9.74. The molecule has 2 atom stereocenters. The third-order valence-corrected chi connectivity index (χ3v) is 7.06. The molecule has 0 saturated heterocycles. The van der Waals surface area contributed by atoms with E-state index >= 15 is 0 Å². The number of ether oxygens (including phenoxy) is 4. The number of esters is 2. The van der Waals surface area contributed by atoms with E-state index in [1.54, 1.807) is 36.4 Å². The van der Waals surface area contributed by atoms with Crippen molar-refractivity contribution >= 4 is 11.9 Å². The van der Waals surface area contributed by atoms with E-state index in [4.69, 9.17) is 18.9 Å². The van der Waals surface area contributed by atoms with E-state index < -0.39 is 35.6 Å². The van der Waals surface area contributed by atoms with Gasteiger partial charge in [0, 0.05) is 25.0 Å². The van der Waals surface area contributed by atoms with Crippen LogP contribution in [0.2, 0.25) is 0 Å². The van der Waals surface area contributed by atoms with Gasteiger partial charge in [0.15, 0.2) is 0 Å². The van der Waals surface area contributed by atoms with Crippen LogP contribution >= 0.6 is 0 Å². The third-order valence-electron chi connectivity index (χ3n) is 7.06. The Kier molecular flexibility index (Phi) is 7.79. The average Bonchev–Trinajstić information content (AvgIpc) is 2.95. The van der Waals surface area contributed by atoms with E-state index in [9.17, 15) is 30.0 Å². The summed E-state index contributed by atoms with van der Waals surface area (Å²) in [6.07, 6.45) is -2.29. The number of carbonyl (C=O) groups excluding carboxylic acids is 2. The minimum absolute atomic E-state index is 0.00967. The second-order valence-corrected chi connectivity index (χ2v) is 9.74. The second kappa shape index (κ2) is 11.6. The van der Waals surface area contributed by atoms with Crippen molar-refractivity contribution in [1.29, 1.82) is 0 Å². The summed E-state index contributed by atoms with van der Waals surface area (Å²) in [7, 11) is 2.92. The van der Waals surface area contributed by atoms with Crippen LogP contribution in [0, 0.1) is 0 Å². The lowest BCUT2D eigenvalue weighted by Gasteiger charge is -2.25. The Morgan fingerprint density at radius 1 is 0.595 bits per heavy atom. The van der Waals surface area contributed by atoms with Gasteiger partial charge in [0.05, 0.1) is 14.2 Å². The van der Waals surface area contributed by atoms with Gasteiger partial charge in [-0.25, -0.2) is 9.59 Å². The fraction of sp³-hybridized carbons (Fsp3) is 0.188. The Morgan fingerprint density at radius 2 is 1.07 bits per heavy atom. The molecule has 0 aliphatic carbocycles. The average molecular weight is 573 g/mol. The molecule has 0 fully saturated rings. The summed E-state index contributed by atoms with van der Waals surface area (Å²) < 4.78 is 22.4. The molecule has 0 spiro atoms. The molecule has 4 aromatic carbocycles. The zero-order valence-electron chi connectivity index (χ0n) is 22.7. The van der Waals surface area contributed by atoms with Crippen molar-refractivity contribution in [2.24, 2.45) is 0 Å². The van der Waals surface area contributed by atoms with E-state index in [0.717, 1.165) is 6.07 Å². The van der Waals surface area contributed by atoms with Gasteiger partial charge in [0.25, 0.3) is 0 Å². The highest BCUT2D eigenvalue weighted by atomic mass is 16.5. The zero-order chi connectivity index (χ0) is 30.0. The summed E-state index contributed by atoms with van der Waals surface area (Å²) >= 11 is 0. The van der Waals surface area contributed by atoms with Crippen LogP contribution in [0.4, 0.5) is 0 Å². The normalized spacial score (nSPS) is 17.0. The number of cyclic esters (lactones) is 2. The monoisotopic (exact) mass is 572 g/mol. The molecule has 0 unspecified atom stereocenters. The molecule has 1 aliphatic rings. The fourth-order valence-corrected chi connectivity index (χ4v) is 4.98. The predicted octanol–water partition coefficient (Wildman–Crippen LogP) is 5.12. The maximum absolute atomic E-state index is 13.8. The van der Waals surface area contributed by atoms with Crippen LogP contribution in [0.5, 0.6) is 34.5 Å². The van der Waals surface area contributed by atoms with Crippen LogP contribution in [-0.4, -0.2) is 46.6 Å². The summed E-state index contributed by atoms with van der Waals surface area (Å²) in [4.78, 5) is 27.4. The zero-order valence-corrected chi connectivity index (χ0v) is 22.7. The minimum atomic E-state index is -1.03. The van der Waals surface area contributed by atoms with Gasteiger partial charge in [-0.05, 0) is 58.7 Å². The molecule has 10 nitrogen and oxygen atoms in total. The molecule has 0 bridgehead atoms. The van der Waals surface area contributed by atoms with Crippen LogP contribution in [0.1, 0.15) is 55.2 Å². The van der Waals surface area contributed by atoms with Gasteiger partial charge in [-0.1, -0.05) is 24.3 Å². The van der Waals surface area contributed by atoms with Crippen molar-refractivity contribution in [3.05, 3.63) is 106 Å². The van der Waals surface area contributed by atoms with Crippen LogP contribution < -0.4 is 9.47 Å². The van der Waals surface area contributed by atoms with Crippen LogP contribution in [0.15, 0.2) is 72.8 Å². The molecule has 42 heavy (non-hydrogen) atoms. The maximum Gasteiger partial charge on any atom is 0.342 e. The topological polar surface area (TPSA) is 152 Å². The van der Waals surface area contributed by atoms with Crippen molar-refractivity contribution < 1.29 is 49.0 Å². The maximum atomic E-state index is 13.8. The van der Waals surface area contributed by atoms with Gasteiger partial charge in [-0.15, -0.1) is 0 Å². The highest BCUT2D eigenvalue weighted by Gasteiger charge is 2.32. The predicted molar refractivity (Wildman–Crippen MR) is 149 cm³/mol. The minimum Gasteiger partial charge on any atom is -0.508 e. The van der Waals surface area contributed by atoms with Crippen LogP contribution in [-0.2, 0) is 22.3 Å². The molecule has 10 heteroatoms. The molecule has 4 aromatic rings. The molecule has 1 aliphatic heterocycles. The lowest BCUT2D eigenvalue weighted by molar-refractivity contribution is 0.0258. The van der Waals surface area contributed by atoms with E-state index in [1.807, 2.05) is 0 Å². The summed E-state index contributed by atoms with van der Waals surface area (Å²) in [6.45, 7) is 0. The smallest absolute Gasteiger partial charge is 0.342 e. The summed E-state index contributed by atoms with van der Waals surface area (Å²) in [6, 6.07) is 17.8. The molecular weight excluding hydrogens is 544 g/mol. The van der Waals surface area contributed by atoms with Crippen LogP contribution in [0.25, 0.3) is 0 Å². The van der Waals surface area contributed by atoms with Crippen molar-refractivity contribution in [1.82, 2.24) is 0 Å². The molecule has 4 N–H and O–H groups in total. The van der Waals surface area contributed by atoms with Crippen LogP contribution in [0.3, 0.4) is 0 Å². The van der Waals surface area contributed by atoms with E-state index in [1.165, 1.54) is 44.6 Å². The molecule has 5 rings (SSSR count). The summed E-state index contributed by atoms with van der Waals surface area (Å²) in [5.41, 5.74) is 1.08. The number of benzene rings is 4.